The summed E-state index contributed by atoms with van der Waals surface area (Å²) in [4.78, 5) is 23.4. The fourth-order valence-corrected chi connectivity index (χ4v) is 1.60. The minimum Gasteiger partial charge on any atom is -0.504 e. The molecule has 1 rings (SSSR count). The van der Waals surface area contributed by atoms with Gasteiger partial charge in [-0.15, -0.1) is 0 Å². The van der Waals surface area contributed by atoms with Crippen LogP contribution in [0.15, 0.2) is 10.9 Å². The first-order chi connectivity index (χ1) is 7.93. The van der Waals surface area contributed by atoms with E-state index in [4.69, 9.17) is 4.74 Å². The van der Waals surface area contributed by atoms with Gasteiger partial charge in [-0.2, -0.15) is 0 Å². The smallest absolute Gasteiger partial charge is 0.342 e. The number of aromatic hydroxyl groups is 1. The van der Waals surface area contributed by atoms with Crippen molar-refractivity contribution >= 4 is 5.97 Å². The maximum atomic E-state index is 11.8. The molecule has 1 aromatic carbocycles. The topological polar surface area (TPSA) is 72.8 Å². The molecule has 5 nitrogen and oxygen atoms in total. The number of ether oxygens (including phenoxy) is 2. The van der Waals surface area contributed by atoms with Gasteiger partial charge in [-0.05, 0) is 25.0 Å². The van der Waals surface area contributed by atoms with Crippen molar-refractivity contribution in [2.75, 3.05) is 14.2 Å². The van der Waals surface area contributed by atoms with Crippen molar-refractivity contribution in [3.63, 3.8) is 0 Å². The number of esters is 1. The van der Waals surface area contributed by atoms with Crippen LogP contribution in [0, 0.1) is 13.8 Å². The van der Waals surface area contributed by atoms with Crippen LogP contribution >= 0.6 is 0 Å². The molecule has 0 aliphatic carbocycles. The van der Waals surface area contributed by atoms with Crippen molar-refractivity contribution in [3.05, 3.63) is 33.0 Å². The van der Waals surface area contributed by atoms with E-state index in [1.54, 1.807) is 13.8 Å². The molecule has 0 heterocycles. The van der Waals surface area contributed by atoms with Crippen LogP contribution in [0.3, 0.4) is 0 Å². The molecule has 0 unspecified atom stereocenters. The molecule has 0 aliphatic rings. The van der Waals surface area contributed by atoms with Crippen LogP contribution in [0.5, 0.6) is 11.5 Å². The van der Waals surface area contributed by atoms with E-state index in [0.29, 0.717) is 11.1 Å². The number of methoxy groups -OCH3 is 2. The van der Waals surface area contributed by atoms with Crippen LogP contribution in [0.25, 0.3) is 0 Å². The summed E-state index contributed by atoms with van der Waals surface area (Å²) in [6.07, 6.45) is 0. The van der Waals surface area contributed by atoms with Crippen LogP contribution in [-0.4, -0.2) is 25.3 Å². The Balaban J connectivity index is 3.83. The lowest BCUT2D eigenvalue weighted by Gasteiger charge is -2.04. The van der Waals surface area contributed by atoms with Crippen molar-refractivity contribution in [2.45, 2.75) is 13.8 Å². The maximum Gasteiger partial charge on any atom is 0.342 e. The number of aryl methyl sites for hydroxylation is 2. The number of rotatable bonds is 2. The second-order valence-corrected chi connectivity index (χ2v) is 3.59. The molecule has 0 fully saturated rings. The van der Waals surface area contributed by atoms with E-state index in [-0.39, 0.29) is 11.3 Å². The molecular formula is C12H14O5. The number of hydrogen-bond acceptors (Lipinski definition) is 5. The third-order valence-corrected chi connectivity index (χ3v) is 2.44. The van der Waals surface area contributed by atoms with Gasteiger partial charge in [-0.1, -0.05) is 6.07 Å². The van der Waals surface area contributed by atoms with Gasteiger partial charge in [-0.3, -0.25) is 4.79 Å². The summed E-state index contributed by atoms with van der Waals surface area (Å²) < 4.78 is 9.50. The fraction of sp³-hybridized carbons (Fsp3) is 0.333. The molecule has 0 saturated heterocycles. The lowest BCUT2D eigenvalue weighted by atomic mass is 10.1. The van der Waals surface area contributed by atoms with Crippen LogP contribution in [0.4, 0.5) is 0 Å². The summed E-state index contributed by atoms with van der Waals surface area (Å²) in [5.41, 5.74) is 0.187. The number of carbonyl (C=O) groups is 1. The average molecular weight is 238 g/mol. The Morgan fingerprint density at radius 3 is 2.29 bits per heavy atom. The van der Waals surface area contributed by atoms with Crippen molar-refractivity contribution in [3.8, 4) is 11.5 Å². The van der Waals surface area contributed by atoms with E-state index < -0.39 is 17.1 Å². The highest BCUT2D eigenvalue weighted by Crippen LogP contribution is 2.23. The Bertz CT molecular complexity index is 519. The molecule has 0 spiro atoms. The molecule has 0 bridgehead atoms. The molecule has 17 heavy (non-hydrogen) atoms. The van der Waals surface area contributed by atoms with Gasteiger partial charge >= 0.3 is 5.97 Å². The van der Waals surface area contributed by atoms with Crippen LogP contribution < -0.4 is 10.2 Å². The second kappa shape index (κ2) is 4.86. The van der Waals surface area contributed by atoms with E-state index in [1.165, 1.54) is 20.3 Å². The lowest BCUT2D eigenvalue weighted by molar-refractivity contribution is 0.0596. The first-order valence-electron chi connectivity index (χ1n) is 4.93. The first kappa shape index (κ1) is 13.0. The summed E-state index contributed by atoms with van der Waals surface area (Å²) in [7, 11) is 2.47. The molecule has 0 amide bonds. The zero-order valence-corrected chi connectivity index (χ0v) is 10.2. The van der Waals surface area contributed by atoms with E-state index in [0.717, 1.165) is 0 Å². The Labute approximate surface area is 98.6 Å². The fourth-order valence-electron chi connectivity index (χ4n) is 1.60. The molecule has 0 aliphatic heterocycles. The van der Waals surface area contributed by atoms with Gasteiger partial charge in [-0.25, -0.2) is 4.79 Å². The molecule has 0 radical (unpaired) electrons. The molecule has 0 saturated carbocycles. The molecule has 0 aromatic heterocycles. The maximum absolute atomic E-state index is 11.8. The highest BCUT2D eigenvalue weighted by atomic mass is 16.5. The highest BCUT2D eigenvalue weighted by Gasteiger charge is 2.20. The van der Waals surface area contributed by atoms with Gasteiger partial charge in [0.2, 0.25) is 0 Å². The molecule has 5 heteroatoms. The summed E-state index contributed by atoms with van der Waals surface area (Å²) >= 11 is 0. The molecule has 1 N–H and O–H groups in total. The quantitative estimate of drug-likeness (QED) is 0.783. The molecular weight excluding hydrogens is 224 g/mol. The highest BCUT2D eigenvalue weighted by molar-refractivity contribution is 5.94. The van der Waals surface area contributed by atoms with Crippen LogP contribution in [0.1, 0.15) is 21.5 Å². The van der Waals surface area contributed by atoms with Gasteiger partial charge in [0.05, 0.1) is 14.2 Å². The van der Waals surface area contributed by atoms with Crippen LogP contribution in [-0.2, 0) is 4.74 Å². The normalized spacial score (nSPS) is 9.88. The lowest BCUT2D eigenvalue weighted by Crippen LogP contribution is -2.11. The first-order valence-corrected chi connectivity index (χ1v) is 4.93. The van der Waals surface area contributed by atoms with Crippen LogP contribution in [0.2, 0.25) is 0 Å². The number of carbonyl (C=O) groups excluding carboxylic acids is 1. The zero-order chi connectivity index (χ0) is 13.2. The van der Waals surface area contributed by atoms with Gasteiger partial charge in [0.1, 0.15) is 5.56 Å². The Hall–Kier alpha value is -2.04. The summed E-state index contributed by atoms with van der Waals surface area (Å²) in [5.74, 6) is -1.31. The van der Waals surface area contributed by atoms with Gasteiger partial charge in [0, 0.05) is 0 Å². The van der Waals surface area contributed by atoms with Crippen molar-refractivity contribution in [1.29, 1.82) is 0 Å². The SMILES string of the molecule is COC(=O)c1c(C)cc(C)c(O)c(=O)c1OC. The van der Waals surface area contributed by atoms with E-state index in [1.807, 2.05) is 0 Å². The standard InChI is InChI=1S/C12H14O5/c1-6-5-7(2)9(13)10(14)11(16-3)8(6)12(15)17-4/h5H,1-4H3,(H,13,14). The predicted molar refractivity (Wildman–Crippen MR) is 61.7 cm³/mol. The third-order valence-electron chi connectivity index (χ3n) is 2.44. The Kier molecular flexibility index (Phi) is 3.73. The molecule has 1 aromatic rings. The van der Waals surface area contributed by atoms with E-state index >= 15 is 0 Å². The van der Waals surface area contributed by atoms with Crippen molar-refractivity contribution in [2.24, 2.45) is 0 Å². The number of hydrogen-bond donors (Lipinski definition) is 1. The molecule has 92 valence electrons. The zero-order valence-electron chi connectivity index (χ0n) is 10.2. The molecule has 0 atom stereocenters. The van der Waals surface area contributed by atoms with Crippen molar-refractivity contribution in [1.82, 2.24) is 0 Å². The van der Waals surface area contributed by atoms with Crippen molar-refractivity contribution < 1.29 is 19.4 Å². The summed E-state index contributed by atoms with van der Waals surface area (Å²) in [6.45, 7) is 3.21. The Morgan fingerprint density at radius 2 is 1.82 bits per heavy atom. The van der Waals surface area contributed by atoms with Gasteiger partial charge < -0.3 is 14.6 Å². The van der Waals surface area contributed by atoms with E-state index in [9.17, 15) is 14.7 Å². The monoisotopic (exact) mass is 238 g/mol. The third kappa shape index (κ3) is 2.22. The summed E-state index contributed by atoms with van der Waals surface area (Å²) in [5, 5.41) is 9.64. The minimum absolute atomic E-state index is 0.0309. The van der Waals surface area contributed by atoms with Gasteiger partial charge in [0.25, 0.3) is 5.43 Å². The van der Waals surface area contributed by atoms with E-state index in [2.05, 4.69) is 4.74 Å². The van der Waals surface area contributed by atoms with Gasteiger partial charge in [0.15, 0.2) is 11.5 Å². The average Bonchev–Trinajstić information content (AvgIpc) is 2.38. The largest absolute Gasteiger partial charge is 0.504 e. The summed E-state index contributed by atoms with van der Waals surface area (Å²) in [6, 6.07) is 1.53. The predicted octanol–water partition coefficient (Wildman–Crippen LogP) is 1.16. The second-order valence-electron chi connectivity index (χ2n) is 3.59. The minimum atomic E-state index is -0.724. The Morgan fingerprint density at radius 1 is 1.24 bits per heavy atom.